The van der Waals surface area contributed by atoms with Crippen LogP contribution in [0, 0.1) is 0 Å². The molecule has 0 aliphatic heterocycles. The van der Waals surface area contributed by atoms with Gasteiger partial charge in [0.05, 0.1) is 0 Å². The Morgan fingerprint density at radius 1 is 1.12 bits per heavy atom. The van der Waals surface area contributed by atoms with Gasteiger partial charge in [-0.15, -0.1) is 0 Å². The molecule has 2 heteroatoms. The van der Waals surface area contributed by atoms with Crippen LogP contribution in [0.15, 0.2) is 37.0 Å². The lowest BCUT2D eigenvalue weighted by atomic mass is 9.82. The van der Waals surface area contributed by atoms with Gasteiger partial charge in [-0.25, -0.2) is 0 Å². The van der Waals surface area contributed by atoms with Crippen LogP contribution in [-0.2, 0) is 0 Å². The summed E-state index contributed by atoms with van der Waals surface area (Å²) >= 11 is 0. The van der Waals surface area contributed by atoms with Gasteiger partial charge in [0.25, 0.3) is 0 Å². The first-order valence-electron chi connectivity index (χ1n) is 5.95. The van der Waals surface area contributed by atoms with Gasteiger partial charge in [-0.05, 0) is 55.5 Å². The first-order chi connectivity index (χ1) is 7.79. The van der Waals surface area contributed by atoms with E-state index in [1.165, 1.54) is 31.2 Å². The Morgan fingerprint density at radius 2 is 1.75 bits per heavy atom. The largest absolute Gasteiger partial charge is 0.508 e. The van der Waals surface area contributed by atoms with Gasteiger partial charge in [-0.2, -0.15) is 0 Å². The summed E-state index contributed by atoms with van der Waals surface area (Å²) < 4.78 is 0. The third-order valence-electron chi connectivity index (χ3n) is 3.45. The molecular formula is C14H19NO. The normalized spacial score (nSPS) is 25.0. The summed E-state index contributed by atoms with van der Waals surface area (Å²) in [5.74, 6) is 1.01. The van der Waals surface area contributed by atoms with E-state index in [4.69, 9.17) is 0 Å². The second-order valence-electron chi connectivity index (χ2n) is 4.51. The monoisotopic (exact) mass is 217 g/mol. The highest BCUT2D eigenvalue weighted by Crippen LogP contribution is 2.33. The first-order valence-corrected chi connectivity index (χ1v) is 5.95. The van der Waals surface area contributed by atoms with Gasteiger partial charge in [-0.3, -0.25) is 0 Å². The Hall–Kier alpha value is -1.44. The van der Waals surface area contributed by atoms with E-state index in [9.17, 15) is 5.11 Å². The predicted molar refractivity (Wildman–Crippen MR) is 66.4 cm³/mol. The van der Waals surface area contributed by atoms with Crippen molar-refractivity contribution >= 4 is 0 Å². The molecule has 0 amide bonds. The molecule has 1 aliphatic rings. The Balaban J connectivity index is 1.93. The third kappa shape index (κ3) is 2.57. The van der Waals surface area contributed by atoms with Crippen LogP contribution in [0.1, 0.15) is 37.2 Å². The lowest BCUT2D eigenvalue weighted by Crippen LogP contribution is -2.28. The Kier molecular flexibility index (Phi) is 3.50. The molecule has 2 rings (SSSR count). The maximum Gasteiger partial charge on any atom is 0.115 e. The summed E-state index contributed by atoms with van der Waals surface area (Å²) in [5, 5.41) is 12.5. The maximum absolute atomic E-state index is 9.25. The molecule has 0 radical (unpaired) electrons. The number of phenolic OH excluding ortho intramolecular Hbond substituents is 1. The smallest absolute Gasteiger partial charge is 0.115 e. The van der Waals surface area contributed by atoms with Gasteiger partial charge in [0, 0.05) is 6.04 Å². The fourth-order valence-corrected chi connectivity index (χ4v) is 2.51. The Labute approximate surface area is 97.0 Å². The number of nitrogens with one attached hydrogen (secondary N) is 1. The molecule has 0 atom stereocenters. The van der Waals surface area contributed by atoms with Crippen molar-refractivity contribution in [3.05, 3.63) is 42.6 Å². The Bertz CT molecular complexity index is 336. The van der Waals surface area contributed by atoms with E-state index in [1.54, 1.807) is 18.3 Å². The fourth-order valence-electron chi connectivity index (χ4n) is 2.51. The van der Waals surface area contributed by atoms with Crippen LogP contribution in [0.3, 0.4) is 0 Å². The first kappa shape index (κ1) is 11.1. The minimum absolute atomic E-state index is 0.353. The molecule has 0 heterocycles. The van der Waals surface area contributed by atoms with Crippen LogP contribution in [-0.4, -0.2) is 11.1 Å². The van der Waals surface area contributed by atoms with Crippen molar-refractivity contribution in [1.82, 2.24) is 5.32 Å². The SMILES string of the molecule is C=CNC1CCC(c2ccc(O)cc2)CC1. The molecule has 0 bridgehead atoms. The zero-order valence-electron chi connectivity index (χ0n) is 9.52. The van der Waals surface area contributed by atoms with E-state index in [0.717, 1.165) is 0 Å². The second-order valence-corrected chi connectivity index (χ2v) is 4.51. The summed E-state index contributed by atoms with van der Waals surface area (Å²) in [6, 6.07) is 8.25. The number of hydrogen-bond donors (Lipinski definition) is 2. The highest BCUT2D eigenvalue weighted by atomic mass is 16.3. The van der Waals surface area contributed by atoms with Gasteiger partial charge in [0.1, 0.15) is 5.75 Å². The number of hydrogen-bond acceptors (Lipinski definition) is 2. The second kappa shape index (κ2) is 5.06. The van der Waals surface area contributed by atoms with Gasteiger partial charge in [0.2, 0.25) is 0 Å². The molecule has 16 heavy (non-hydrogen) atoms. The molecule has 2 nitrogen and oxygen atoms in total. The standard InChI is InChI=1S/C14H19NO/c1-2-15-13-7-3-11(4-8-13)12-5-9-14(16)10-6-12/h2,5-6,9-11,13,15-16H,1,3-4,7-8H2. The molecule has 0 saturated heterocycles. The van der Waals surface area contributed by atoms with Crippen molar-refractivity contribution in [2.75, 3.05) is 0 Å². The van der Waals surface area contributed by atoms with Crippen molar-refractivity contribution in [3.8, 4) is 5.75 Å². The van der Waals surface area contributed by atoms with Crippen LogP contribution < -0.4 is 5.32 Å². The average molecular weight is 217 g/mol. The Morgan fingerprint density at radius 3 is 2.31 bits per heavy atom. The van der Waals surface area contributed by atoms with E-state index < -0.39 is 0 Å². The van der Waals surface area contributed by atoms with E-state index in [-0.39, 0.29) is 0 Å². The van der Waals surface area contributed by atoms with Gasteiger partial charge >= 0.3 is 0 Å². The molecular weight excluding hydrogens is 198 g/mol. The molecule has 1 saturated carbocycles. The fraction of sp³-hybridized carbons (Fsp3) is 0.429. The molecule has 1 aromatic rings. The van der Waals surface area contributed by atoms with Crippen LogP contribution in [0.4, 0.5) is 0 Å². The summed E-state index contributed by atoms with van der Waals surface area (Å²) in [5.41, 5.74) is 1.36. The molecule has 86 valence electrons. The van der Waals surface area contributed by atoms with Crippen molar-refractivity contribution in [2.45, 2.75) is 37.6 Å². The summed E-state index contributed by atoms with van der Waals surface area (Å²) in [4.78, 5) is 0. The maximum atomic E-state index is 9.25. The van der Waals surface area contributed by atoms with Crippen molar-refractivity contribution < 1.29 is 5.11 Å². The minimum Gasteiger partial charge on any atom is -0.508 e. The van der Waals surface area contributed by atoms with Crippen molar-refractivity contribution in [1.29, 1.82) is 0 Å². The van der Waals surface area contributed by atoms with Gasteiger partial charge < -0.3 is 10.4 Å². The molecule has 0 unspecified atom stereocenters. The highest BCUT2D eigenvalue weighted by molar-refractivity contribution is 5.28. The molecule has 1 aliphatic carbocycles. The summed E-state index contributed by atoms with van der Waals surface area (Å²) in [6.07, 6.45) is 6.65. The zero-order valence-corrected chi connectivity index (χ0v) is 9.52. The predicted octanol–water partition coefficient (Wildman–Crippen LogP) is 3.15. The average Bonchev–Trinajstić information content (AvgIpc) is 2.32. The van der Waals surface area contributed by atoms with Gasteiger partial charge in [0.15, 0.2) is 0 Å². The van der Waals surface area contributed by atoms with Crippen LogP contribution in [0.25, 0.3) is 0 Å². The van der Waals surface area contributed by atoms with E-state index in [0.29, 0.717) is 17.7 Å². The molecule has 2 N–H and O–H groups in total. The molecule has 1 fully saturated rings. The zero-order chi connectivity index (χ0) is 11.4. The number of benzene rings is 1. The van der Waals surface area contributed by atoms with Gasteiger partial charge in [-0.1, -0.05) is 18.7 Å². The number of phenols is 1. The molecule has 0 spiro atoms. The van der Waals surface area contributed by atoms with E-state index >= 15 is 0 Å². The number of rotatable bonds is 3. The number of aromatic hydroxyl groups is 1. The third-order valence-corrected chi connectivity index (χ3v) is 3.45. The van der Waals surface area contributed by atoms with Crippen LogP contribution in [0.5, 0.6) is 5.75 Å². The van der Waals surface area contributed by atoms with Crippen molar-refractivity contribution in [2.24, 2.45) is 0 Å². The lowest BCUT2D eigenvalue weighted by molar-refractivity contribution is 0.366. The van der Waals surface area contributed by atoms with E-state index in [1.807, 2.05) is 12.1 Å². The minimum atomic E-state index is 0.353. The molecule has 1 aromatic carbocycles. The van der Waals surface area contributed by atoms with Crippen LogP contribution >= 0.6 is 0 Å². The summed E-state index contributed by atoms with van der Waals surface area (Å²) in [7, 11) is 0. The van der Waals surface area contributed by atoms with Crippen molar-refractivity contribution in [3.63, 3.8) is 0 Å². The summed E-state index contributed by atoms with van der Waals surface area (Å²) in [6.45, 7) is 3.70. The molecule has 0 aromatic heterocycles. The van der Waals surface area contributed by atoms with Crippen LogP contribution in [0.2, 0.25) is 0 Å². The van der Waals surface area contributed by atoms with E-state index in [2.05, 4.69) is 11.9 Å². The highest BCUT2D eigenvalue weighted by Gasteiger charge is 2.21. The lowest BCUT2D eigenvalue weighted by Gasteiger charge is -2.28. The topological polar surface area (TPSA) is 32.3 Å². The quantitative estimate of drug-likeness (QED) is 0.815.